The zero-order chi connectivity index (χ0) is 18.2. The minimum absolute atomic E-state index is 0.0474. The maximum atomic E-state index is 12.0. The summed E-state index contributed by atoms with van der Waals surface area (Å²) in [5.74, 6) is 1.12. The number of quaternary nitrogens is 1. The highest BCUT2D eigenvalue weighted by atomic mass is 16.5. The van der Waals surface area contributed by atoms with Gasteiger partial charge in [-0.3, -0.25) is 4.79 Å². The van der Waals surface area contributed by atoms with Crippen LogP contribution < -0.4 is 10.2 Å². The summed E-state index contributed by atoms with van der Waals surface area (Å²) >= 11 is 0. The third-order valence-electron chi connectivity index (χ3n) is 5.14. The number of aryl methyl sites for hydroxylation is 1. The standard InChI is InChI=1S/C20H28N4O2/c1-16-8-5-6-14-24(16)15-7-13-21-18(25)11-12-19-22-20(23-26-19)17-9-3-2-4-10-17/h2-4,9-10,16H,5-8,11-15H2,1H3,(H,21,25)/p+1/t16-/m0/s1. The van der Waals surface area contributed by atoms with Crippen LogP contribution in [0.1, 0.15) is 44.9 Å². The van der Waals surface area contributed by atoms with Gasteiger partial charge in [0.1, 0.15) is 0 Å². The molecule has 2 heterocycles. The van der Waals surface area contributed by atoms with Gasteiger partial charge in [-0.25, -0.2) is 0 Å². The lowest BCUT2D eigenvalue weighted by atomic mass is 10.0. The van der Waals surface area contributed by atoms with Crippen molar-refractivity contribution in [3.8, 4) is 11.4 Å². The SMILES string of the molecule is C[C@H]1CCCC[NH+]1CCCNC(=O)CCc1nc(-c2ccccc2)no1. The first-order chi connectivity index (χ1) is 12.7. The van der Waals surface area contributed by atoms with Crippen LogP contribution in [0.3, 0.4) is 0 Å². The van der Waals surface area contributed by atoms with Crippen molar-refractivity contribution < 1.29 is 14.2 Å². The first-order valence-corrected chi connectivity index (χ1v) is 9.71. The molecule has 140 valence electrons. The molecule has 0 bridgehead atoms. The summed E-state index contributed by atoms with van der Waals surface area (Å²) in [6.07, 6.45) is 5.91. The van der Waals surface area contributed by atoms with Gasteiger partial charge in [-0.2, -0.15) is 4.98 Å². The van der Waals surface area contributed by atoms with Gasteiger partial charge in [-0.05, 0) is 26.2 Å². The first-order valence-electron chi connectivity index (χ1n) is 9.71. The van der Waals surface area contributed by atoms with Gasteiger partial charge in [-0.15, -0.1) is 0 Å². The van der Waals surface area contributed by atoms with Gasteiger partial charge < -0.3 is 14.7 Å². The Hall–Kier alpha value is -2.21. The Morgan fingerprint density at radius 1 is 1.31 bits per heavy atom. The van der Waals surface area contributed by atoms with E-state index in [2.05, 4.69) is 22.4 Å². The molecule has 1 saturated heterocycles. The zero-order valence-corrected chi connectivity index (χ0v) is 15.5. The molecule has 2 atom stereocenters. The minimum atomic E-state index is 0.0474. The lowest BCUT2D eigenvalue weighted by Gasteiger charge is -2.30. The summed E-state index contributed by atoms with van der Waals surface area (Å²) in [5.41, 5.74) is 0.918. The van der Waals surface area contributed by atoms with Crippen LogP contribution in [0.5, 0.6) is 0 Å². The number of aromatic nitrogens is 2. The molecule has 0 aliphatic carbocycles. The van der Waals surface area contributed by atoms with E-state index < -0.39 is 0 Å². The highest BCUT2D eigenvalue weighted by molar-refractivity contribution is 5.75. The number of benzene rings is 1. The van der Waals surface area contributed by atoms with E-state index in [-0.39, 0.29) is 5.91 Å². The third kappa shape index (κ3) is 5.39. The fraction of sp³-hybridized carbons (Fsp3) is 0.550. The van der Waals surface area contributed by atoms with Gasteiger partial charge in [0.05, 0.1) is 19.1 Å². The number of nitrogens with one attached hydrogen (secondary N) is 2. The van der Waals surface area contributed by atoms with Crippen molar-refractivity contribution in [1.82, 2.24) is 15.5 Å². The molecular formula is C20H29N4O2+. The Morgan fingerprint density at radius 3 is 2.96 bits per heavy atom. The summed E-state index contributed by atoms with van der Waals surface area (Å²) in [7, 11) is 0. The van der Waals surface area contributed by atoms with Crippen molar-refractivity contribution in [1.29, 1.82) is 0 Å². The van der Waals surface area contributed by atoms with Crippen LogP contribution in [-0.2, 0) is 11.2 Å². The highest BCUT2D eigenvalue weighted by Crippen LogP contribution is 2.15. The lowest BCUT2D eigenvalue weighted by Crippen LogP contribution is -3.16. The number of hydrogen-bond donors (Lipinski definition) is 2. The first kappa shape index (κ1) is 18.6. The summed E-state index contributed by atoms with van der Waals surface area (Å²) in [5, 5.41) is 6.98. The topological polar surface area (TPSA) is 72.5 Å². The van der Waals surface area contributed by atoms with Crippen LogP contribution in [0, 0.1) is 0 Å². The number of carbonyl (C=O) groups excluding carboxylic acids is 1. The van der Waals surface area contributed by atoms with E-state index in [1.807, 2.05) is 30.3 Å². The van der Waals surface area contributed by atoms with Crippen molar-refractivity contribution in [2.45, 2.75) is 51.5 Å². The molecule has 6 heteroatoms. The van der Waals surface area contributed by atoms with Gasteiger partial charge in [0, 0.05) is 31.4 Å². The van der Waals surface area contributed by atoms with Gasteiger partial charge in [-0.1, -0.05) is 35.5 Å². The molecule has 6 nitrogen and oxygen atoms in total. The molecule has 2 aromatic rings. The highest BCUT2D eigenvalue weighted by Gasteiger charge is 2.20. The molecule has 26 heavy (non-hydrogen) atoms. The summed E-state index contributed by atoms with van der Waals surface area (Å²) < 4.78 is 5.24. The molecule has 1 aromatic heterocycles. The van der Waals surface area contributed by atoms with Crippen molar-refractivity contribution in [3.63, 3.8) is 0 Å². The molecule has 1 unspecified atom stereocenters. The monoisotopic (exact) mass is 357 g/mol. The predicted octanol–water partition coefficient (Wildman–Crippen LogP) is 1.63. The number of likely N-dealkylation sites (tertiary alicyclic amines) is 1. The van der Waals surface area contributed by atoms with Crippen LogP contribution in [0.15, 0.2) is 34.9 Å². The molecule has 2 N–H and O–H groups in total. The summed E-state index contributed by atoms with van der Waals surface area (Å²) in [4.78, 5) is 18.0. The molecule has 1 aliphatic heterocycles. The van der Waals surface area contributed by atoms with Gasteiger partial charge in [0.25, 0.3) is 0 Å². The van der Waals surface area contributed by atoms with E-state index >= 15 is 0 Å². The normalized spacial score (nSPS) is 20.0. The Morgan fingerprint density at radius 2 is 2.15 bits per heavy atom. The third-order valence-corrected chi connectivity index (χ3v) is 5.14. The quantitative estimate of drug-likeness (QED) is 0.705. The van der Waals surface area contributed by atoms with Crippen molar-refractivity contribution in [2.75, 3.05) is 19.6 Å². The van der Waals surface area contributed by atoms with E-state index in [1.165, 1.54) is 25.8 Å². The fourth-order valence-corrected chi connectivity index (χ4v) is 3.54. The maximum absolute atomic E-state index is 12.0. The van der Waals surface area contributed by atoms with Crippen molar-refractivity contribution in [3.05, 3.63) is 36.2 Å². The maximum Gasteiger partial charge on any atom is 0.227 e. The lowest BCUT2D eigenvalue weighted by molar-refractivity contribution is -0.928. The summed E-state index contributed by atoms with van der Waals surface area (Å²) in [6.45, 7) is 5.50. The Balaban J connectivity index is 1.33. The van der Waals surface area contributed by atoms with Crippen LogP contribution in [0.4, 0.5) is 0 Å². The molecule has 0 spiro atoms. The molecule has 0 saturated carbocycles. The molecule has 1 amide bonds. The number of carbonyl (C=O) groups is 1. The van der Waals surface area contributed by atoms with E-state index in [4.69, 9.17) is 4.52 Å². The number of rotatable bonds is 8. The van der Waals surface area contributed by atoms with Gasteiger partial charge in [0.2, 0.25) is 17.6 Å². The van der Waals surface area contributed by atoms with Crippen molar-refractivity contribution in [2.24, 2.45) is 0 Å². The van der Waals surface area contributed by atoms with Crippen molar-refractivity contribution >= 4 is 5.91 Å². The Bertz CT molecular complexity index is 686. The van der Waals surface area contributed by atoms with Crippen LogP contribution >= 0.6 is 0 Å². The molecule has 1 aliphatic rings. The number of amides is 1. The van der Waals surface area contributed by atoms with Crippen LogP contribution in [0.2, 0.25) is 0 Å². The van der Waals surface area contributed by atoms with Crippen LogP contribution in [0.25, 0.3) is 11.4 Å². The predicted molar refractivity (Wildman–Crippen MR) is 99.7 cm³/mol. The Labute approximate surface area is 155 Å². The zero-order valence-electron chi connectivity index (χ0n) is 15.5. The second kappa shape index (κ2) is 9.48. The minimum Gasteiger partial charge on any atom is -0.356 e. The number of nitrogens with zero attached hydrogens (tertiary/aromatic N) is 2. The van der Waals surface area contributed by atoms with E-state index in [0.29, 0.717) is 24.6 Å². The van der Waals surface area contributed by atoms with Crippen LogP contribution in [-0.4, -0.2) is 41.7 Å². The smallest absolute Gasteiger partial charge is 0.227 e. The Kier molecular flexibility index (Phi) is 6.77. The van der Waals surface area contributed by atoms with Gasteiger partial charge in [0.15, 0.2) is 0 Å². The fourth-order valence-electron chi connectivity index (χ4n) is 3.54. The summed E-state index contributed by atoms with van der Waals surface area (Å²) in [6, 6.07) is 10.5. The molecular weight excluding hydrogens is 328 g/mol. The van der Waals surface area contributed by atoms with E-state index in [9.17, 15) is 4.79 Å². The van der Waals surface area contributed by atoms with Gasteiger partial charge >= 0.3 is 0 Å². The number of piperidine rings is 1. The second-order valence-electron chi connectivity index (χ2n) is 7.14. The van der Waals surface area contributed by atoms with E-state index in [0.717, 1.165) is 31.1 Å². The molecule has 0 radical (unpaired) electrons. The average Bonchev–Trinajstić information content (AvgIpc) is 3.15. The molecule has 1 fully saturated rings. The average molecular weight is 357 g/mol. The number of hydrogen-bond acceptors (Lipinski definition) is 4. The molecule has 1 aromatic carbocycles. The molecule has 3 rings (SSSR count). The van der Waals surface area contributed by atoms with E-state index in [1.54, 1.807) is 4.90 Å². The largest absolute Gasteiger partial charge is 0.356 e. The second-order valence-corrected chi connectivity index (χ2v) is 7.14.